The predicted molar refractivity (Wildman–Crippen MR) is 134 cm³/mol. The van der Waals surface area contributed by atoms with Gasteiger partial charge in [-0.15, -0.1) is 0 Å². The molecule has 1 saturated carbocycles. The van der Waals surface area contributed by atoms with Gasteiger partial charge in [-0.3, -0.25) is 0 Å². The van der Waals surface area contributed by atoms with E-state index in [1.54, 1.807) is 0 Å². The number of nitrogens with zero attached hydrogens (tertiary/aromatic N) is 2. The molecule has 2 amide bonds. The molecule has 0 radical (unpaired) electrons. The summed E-state index contributed by atoms with van der Waals surface area (Å²) in [5.74, 6) is 0. The van der Waals surface area contributed by atoms with Crippen molar-refractivity contribution in [3.05, 3.63) is 0 Å². The van der Waals surface area contributed by atoms with Crippen molar-refractivity contribution in [2.75, 3.05) is 59.0 Å². The molecule has 2 unspecified atom stereocenters. The van der Waals surface area contributed by atoms with E-state index in [0.29, 0.717) is 19.8 Å². The first-order valence-corrected chi connectivity index (χ1v) is 13.5. The molecule has 3 aliphatic rings. The number of likely N-dealkylation sites (tertiary alicyclic amines) is 2. The SMILES string of the molecule is CC1(C)CC(NC(=O)OCCCN2CCCC2)CC(C)(CNC(=O)OCCCN2CCCC2)C1. The second-order valence-corrected chi connectivity index (χ2v) is 11.8. The third-order valence-electron chi connectivity index (χ3n) is 7.53. The quantitative estimate of drug-likeness (QED) is 0.435. The second-order valence-electron chi connectivity index (χ2n) is 11.8. The Morgan fingerprint density at radius 2 is 1.35 bits per heavy atom. The highest BCUT2D eigenvalue weighted by Crippen LogP contribution is 2.45. The molecule has 0 aromatic rings. The van der Waals surface area contributed by atoms with Gasteiger partial charge in [0.05, 0.1) is 13.2 Å². The van der Waals surface area contributed by atoms with Crippen LogP contribution in [-0.4, -0.2) is 87.1 Å². The zero-order valence-corrected chi connectivity index (χ0v) is 21.8. The molecule has 8 nitrogen and oxygen atoms in total. The van der Waals surface area contributed by atoms with Gasteiger partial charge in [0.1, 0.15) is 0 Å². The molecule has 2 N–H and O–H groups in total. The van der Waals surface area contributed by atoms with E-state index in [9.17, 15) is 9.59 Å². The molecule has 0 spiro atoms. The maximum absolute atomic E-state index is 12.4. The highest BCUT2D eigenvalue weighted by molar-refractivity contribution is 5.68. The number of carbonyl (C=O) groups excluding carboxylic acids is 2. The van der Waals surface area contributed by atoms with Crippen molar-refractivity contribution in [2.24, 2.45) is 10.8 Å². The lowest BCUT2D eigenvalue weighted by atomic mass is 9.62. The number of carbonyl (C=O) groups is 2. The predicted octanol–water partition coefficient (Wildman–Crippen LogP) is 4.00. The minimum atomic E-state index is -0.340. The average molecular weight is 481 g/mol. The highest BCUT2D eigenvalue weighted by atomic mass is 16.6. The number of rotatable bonds is 11. The second kappa shape index (κ2) is 13.0. The van der Waals surface area contributed by atoms with Gasteiger partial charge in [-0.2, -0.15) is 0 Å². The highest BCUT2D eigenvalue weighted by Gasteiger charge is 2.42. The minimum Gasteiger partial charge on any atom is -0.450 e. The maximum atomic E-state index is 12.4. The van der Waals surface area contributed by atoms with Crippen molar-refractivity contribution >= 4 is 12.2 Å². The zero-order chi connectivity index (χ0) is 24.4. The molecule has 2 aliphatic heterocycles. The van der Waals surface area contributed by atoms with Crippen molar-refractivity contribution < 1.29 is 19.1 Å². The number of amides is 2. The van der Waals surface area contributed by atoms with E-state index >= 15 is 0 Å². The topological polar surface area (TPSA) is 83.1 Å². The van der Waals surface area contributed by atoms with E-state index in [-0.39, 0.29) is 29.1 Å². The molecule has 0 aromatic heterocycles. The van der Waals surface area contributed by atoms with Crippen LogP contribution in [0.25, 0.3) is 0 Å². The smallest absolute Gasteiger partial charge is 0.407 e. The van der Waals surface area contributed by atoms with Crippen LogP contribution in [0.15, 0.2) is 0 Å². The summed E-state index contributed by atoms with van der Waals surface area (Å²) in [7, 11) is 0. The molecule has 3 rings (SSSR count). The van der Waals surface area contributed by atoms with Gasteiger partial charge in [-0.1, -0.05) is 20.8 Å². The van der Waals surface area contributed by atoms with Crippen LogP contribution in [0.4, 0.5) is 9.59 Å². The Bertz CT molecular complexity index is 647. The minimum absolute atomic E-state index is 0.0399. The van der Waals surface area contributed by atoms with Gasteiger partial charge in [0.15, 0.2) is 0 Å². The Labute approximate surface area is 206 Å². The Morgan fingerprint density at radius 3 is 1.91 bits per heavy atom. The van der Waals surface area contributed by atoms with Crippen molar-refractivity contribution in [1.82, 2.24) is 20.4 Å². The van der Waals surface area contributed by atoms with Gasteiger partial charge >= 0.3 is 12.2 Å². The van der Waals surface area contributed by atoms with Crippen LogP contribution in [0.1, 0.15) is 78.6 Å². The summed E-state index contributed by atoms with van der Waals surface area (Å²) >= 11 is 0. The van der Waals surface area contributed by atoms with Crippen LogP contribution in [-0.2, 0) is 9.47 Å². The van der Waals surface area contributed by atoms with E-state index in [1.165, 1.54) is 51.9 Å². The summed E-state index contributed by atoms with van der Waals surface area (Å²) in [5.41, 5.74) is -0.0357. The van der Waals surface area contributed by atoms with E-state index in [0.717, 1.165) is 45.2 Å². The third kappa shape index (κ3) is 9.61. The summed E-state index contributed by atoms with van der Waals surface area (Å²) in [6, 6.07) is 0.0399. The van der Waals surface area contributed by atoms with Crippen molar-refractivity contribution in [2.45, 2.75) is 84.6 Å². The largest absolute Gasteiger partial charge is 0.450 e. The summed E-state index contributed by atoms with van der Waals surface area (Å²) in [5, 5.41) is 6.07. The van der Waals surface area contributed by atoms with Crippen LogP contribution in [0.2, 0.25) is 0 Å². The molecule has 1 aliphatic carbocycles. The maximum Gasteiger partial charge on any atom is 0.407 e. The summed E-state index contributed by atoms with van der Waals surface area (Å²) < 4.78 is 10.9. The fraction of sp³-hybridized carbons (Fsp3) is 0.923. The lowest BCUT2D eigenvalue weighted by Crippen LogP contribution is -2.50. The first-order valence-electron chi connectivity index (χ1n) is 13.5. The average Bonchev–Trinajstić information content (AvgIpc) is 3.46. The number of alkyl carbamates (subject to hydrolysis) is 2. The molecule has 0 aromatic carbocycles. The monoisotopic (exact) mass is 480 g/mol. The van der Waals surface area contributed by atoms with E-state index in [2.05, 4.69) is 41.2 Å². The molecule has 0 bridgehead atoms. The first kappa shape index (κ1) is 27.1. The van der Waals surface area contributed by atoms with Gasteiger partial charge in [-0.05, 0) is 94.8 Å². The summed E-state index contributed by atoms with van der Waals surface area (Å²) in [4.78, 5) is 29.5. The Hall–Kier alpha value is -1.54. The number of nitrogens with one attached hydrogen (secondary N) is 2. The van der Waals surface area contributed by atoms with Crippen molar-refractivity contribution in [3.63, 3.8) is 0 Å². The number of ether oxygens (including phenoxy) is 2. The Morgan fingerprint density at radius 1 is 0.824 bits per heavy atom. The molecular formula is C26H48N4O4. The molecule has 3 fully saturated rings. The Kier molecular flexibility index (Phi) is 10.3. The van der Waals surface area contributed by atoms with E-state index in [1.807, 2.05) is 0 Å². The van der Waals surface area contributed by atoms with Crippen LogP contribution in [0.3, 0.4) is 0 Å². The fourth-order valence-corrected chi connectivity index (χ4v) is 6.33. The van der Waals surface area contributed by atoms with Crippen LogP contribution >= 0.6 is 0 Å². The van der Waals surface area contributed by atoms with Gasteiger partial charge in [-0.25, -0.2) is 9.59 Å². The molecule has 34 heavy (non-hydrogen) atoms. The first-order chi connectivity index (χ1) is 16.2. The molecular weight excluding hydrogens is 432 g/mol. The van der Waals surface area contributed by atoms with Gasteiger partial charge in [0, 0.05) is 25.7 Å². The zero-order valence-electron chi connectivity index (χ0n) is 21.8. The standard InChI is InChI=1S/C26H48N4O4/c1-25(2)18-22(28-24(32)34-17-9-15-30-12-6-7-13-30)19-26(3,20-25)21-27-23(31)33-16-8-14-29-10-4-5-11-29/h22H,4-21H2,1-3H3,(H,27,31)(H,28,32). The van der Waals surface area contributed by atoms with Crippen LogP contribution < -0.4 is 10.6 Å². The van der Waals surface area contributed by atoms with Crippen molar-refractivity contribution in [3.8, 4) is 0 Å². The van der Waals surface area contributed by atoms with Crippen molar-refractivity contribution in [1.29, 1.82) is 0 Å². The lowest BCUT2D eigenvalue weighted by Gasteiger charge is -2.46. The van der Waals surface area contributed by atoms with Gasteiger partial charge < -0.3 is 29.9 Å². The molecule has 2 atom stereocenters. The van der Waals surface area contributed by atoms with E-state index in [4.69, 9.17) is 9.47 Å². The number of hydrogen-bond donors (Lipinski definition) is 2. The van der Waals surface area contributed by atoms with Gasteiger partial charge in [0.2, 0.25) is 0 Å². The van der Waals surface area contributed by atoms with E-state index < -0.39 is 0 Å². The van der Waals surface area contributed by atoms with Gasteiger partial charge in [0.25, 0.3) is 0 Å². The lowest BCUT2D eigenvalue weighted by molar-refractivity contribution is 0.0617. The summed E-state index contributed by atoms with van der Waals surface area (Å²) in [6.07, 6.45) is 8.93. The summed E-state index contributed by atoms with van der Waals surface area (Å²) in [6.45, 7) is 14.8. The fourth-order valence-electron chi connectivity index (χ4n) is 6.33. The normalized spacial score (nSPS) is 27.4. The molecule has 8 heteroatoms. The molecule has 196 valence electrons. The third-order valence-corrected chi connectivity index (χ3v) is 7.53. The Balaban J connectivity index is 1.33. The number of hydrogen-bond acceptors (Lipinski definition) is 6. The molecule has 2 heterocycles. The molecule has 2 saturated heterocycles. The van der Waals surface area contributed by atoms with Crippen LogP contribution in [0.5, 0.6) is 0 Å². The van der Waals surface area contributed by atoms with Crippen LogP contribution in [0, 0.1) is 10.8 Å².